The van der Waals surface area contributed by atoms with Gasteiger partial charge >= 0.3 is 0 Å². The molecule has 0 heterocycles. The molecule has 0 aliphatic heterocycles. The molecule has 0 saturated heterocycles. The van der Waals surface area contributed by atoms with E-state index in [1.807, 2.05) is 0 Å². The molecule has 0 unspecified atom stereocenters. The van der Waals surface area contributed by atoms with Crippen LogP contribution in [0.3, 0.4) is 0 Å². The molecule has 0 radical (unpaired) electrons. The van der Waals surface area contributed by atoms with Gasteiger partial charge in [-0.3, -0.25) is 0 Å². The first-order valence-electron chi connectivity index (χ1n) is 3.87. The zero-order chi connectivity index (χ0) is 7.23. The third-order valence-corrected chi connectivity index (χ3v) is 1.77. The molecular weight excluding hydrogens is 124 g/mol. The van der Waals surface area contributed by atoms with Crippen molar-refractivity contribution < 1.29 is 5.11 Å². The second kappa shape index (κ2) is 4.29. The Labute approximate surface area is 62.1 Å². The highest BCUT2D eigenvalue weighted by molar-refractivity contribution is 5.06. The molecule has 1 aliphatic rings. The maximum Gasteiger partial charge on any atom is 0.0641 e. The highest BCUT2D eigenvalue weighted by atomic mass is 16.3. The number of hydrogen-bond donors (Lipinski definition) is 1. The van der Waals surface area contributed by atoms with Crippen LogP contribution in [0.25, 0.3) is 0 Å². The molecule has 1 aliphatic carbocycles. The minimum atomic E-state index is 0.244. The van der Waals surface area contributed by atoms with Crippen LogP contribution in [-0.2, 0) is 0 Å². The average Bonchev–Trinajstić information content (AvgIpc) is 1.87. The minimum Gasteiger partial charge on any atom is -0.392 e. The predicted octanol–water partition coefficient (Wildman–Crippen LogP) is 2.04. The molecule has 1 heteroatoms. The fraction of sp³-hybridized carbons (Fsp3) is 0.556. The number of aliphatic hydroxyl groups is 1. The van der Waals surface area contributed by atoms with E-state index >= 15 is 0 Å². The molecule has 56 valence electrons. The molecule has 0 aromatic carbocycles. The quantitative estimate of drug-likeness (QED) is 0.550. The molecule has 0 fully saturated rings. The molecule has 10 heavy (non-hydrogen) atoms. The van der Waals surface area contributed by atoms with Crippen molar-refractivity contribution in [2.24, 2.45) is 0 Å². The molecule has 0 atom stereocenters. The summed E-state index contributed by atoms with van der Waals surface area (Å²) >= 11 is 0. The van der Waals surface area contributed by atoms with Crippen LogP contribution in [0.4, 0.5) is 0 Å². The van der Waals surface area contributed by atoms with Crippen LogP contribution in [0, 0.1) is 0 Å². The van der Waals surface area contributed by atoms with Crippen LogP contribution in [-0.4, -0.2) is 11.7 Å². The van der Waals surface area contributed by atoms with E-state index in [-0.39, 0.29) is 6.61 Å². The molecule has 1 nitrogen and oxygen atoms in total. The Hall–Kier alpha value is -0.560. The normalized spacial score (nSPS) is 19.5. The lowest BCUT2D eigenvalue weighted by Crippen LogP contribution is -1.91. The Morgan fingerprint density at radius 2 is 2.00 bits per heavy atom. The van der Waals surface area contributed by atoms with Crippen molar-refractivity contribution in [2.75, 3.05) is 6.61 Å². The zero-order valence-corrected chi connectivity index (χ0v) is 6.21. The summed E-state index contributed by atoms with van der Waals surface area (Å²) in [6.07, 6.45) is 10.9. The zero-order valence-electron chi connectivity index (χ0n) is 6.21. The van der Waals surface area contributed by atoms with E-state index < -0.39 is 0 Å². The third-order valence-electron chi connectivity index (χ3n) is 1.77. The van der Waals surface area contributed by atoms with E-state index in [4.69, 9.17) is 5.11 Å². The highest BCUT2D eigenvalue weighted by Crippen LogP contribution is 2.10. The lowest BCUT2D eigenvalue weighted by Gasteiger charge is -2.03. The summed E-state index contributed by atoms with van der Waals surface area (Å²) < 4.78 is 0. The lowest BCUT2D eigenvalue weighted by atomic mass is 10.1. The van der Waals surface area contributed by atoms with E-state index in [2.05, 4.69) is 18.2 Å². The highest BCUT2D eigenvalue weighted by Gasteiger charge is 1.95. The Morgan fingerprint density at radius 3 is 2.80 bits per heavy atom. The molecule has 0 spiro atoms. The molecule has 1 N–H and O–H groups in total. The maximum atomic E-state index is 8.82. The molecule has 0 aromatic heterocycles. The van der Waals surface area contributed by atoms with Gasteiger partial charge in [-0.25, -0.2) is 0 Å². The van der Waals surface area contributed by atoms with E-state index in [0.29, 0.717) is 0 Å². The molecule has 1 rings (SSSR count). The van der Waals surface area contributed by atoms with Crippen molar-refractivity contribution in [3.8, 4) is 0 Å². The first-order valence-corrected chi connectivity index (χ1v) is 3.87. The van der Waals surface area contributed by atoms with Gasteiger partial charge in [0.15, 0.2) is 0 Å². The second-order valence-electron chi connectivity index (χ2n) is 2.61. The van der Waals surface area contributed by atoms with Gasteiger partial charge in [-0.2, -0.15) is 0 Å². The standard InChI is InChI=1S/C9H14O/c10-8-9-6-4-2-1-3-5-7-9/h1-2,7,10H,3-6,8H2. The summed E-state index contributed by atoms with van der Waals surface area (Å²) in [5, 5.41) is 8.82. The molecular formula is C9H14O. The number of allylic oxidation sites excluding steroid dienone is 3. The van der Waals surface area contributed by atoms with Gasteiger partial charge in [-0.1, -0.05) is 18.2 Å². The van der Waals surface area contributed by atoms with Crippen molar-refractivity contribution in [1.82, 2.24) is 0 Å². The smallest absolute Gasteiger partial charge is 0.0641 e. The van der Waals surface area contributed by atoms with Crippen LogP contribution in [0.2, 0.25) is 0 Å². The number of hydrogen-bond acceptors (Lipinski definition) is 1. The van der Waals surface area contributed by atoms with Gasteiger partial charge in [0.1, 0.15) is 0 Å². The van der Waals surface area contributed by atoms with E-state index in [9.17, 15) is 0 Å². The van der Waals surface area contributed by atoms with Gasteiger partial charge in [0.2, 0.25) is 0 Å². The van der Waals surface area contributed by atoms with Crippen LogP contribution >= 0.6 is 0 Å². The summed E-state index contributed by atoms with van der Waals surface area (Å²) in [6, 6.07) is 0. The van der Waals surface area contributed by atoms with Crippen molar-refractivity contribution in [3.63, 3.8) is 0 Å². The second-order valence-corrected chi connectivity index (χ2v) is 2.61. The van der Waals surface area contributed by atoms with Gasteiger partial charge in [-0.15, -0.1) is 0 Å². The van der Waals surface area contributed by atoms with E-state index in [1.54, 1.807) is 0 Å². The van der Waals surface area contributed by atoms with Crippen LogP contribution < -0.4 is 0 Å². The predicted molar refractivity (Wildman–Crippen MR) is 42.8 cm³/mol. The van der Waals surface area contributed by atoms with Gasteiger partial charge in [0.25, 0.3) is 0 Å². The van der Waals surface area contributed by atoms with Crippen molar-refractivity contribution in [2.45, 2.75) is 25.7 Å². The molecule has 0 aromatic rings. The Balaban J connectivity index is 2.41. The summed E-state index contributed by atoms with van der Waals surface area (Å²) in [7, 11) is 0. The Morgan fingerprint density at radius 1 is 1.20 bits per heavy atom. The minimum absolute atomic E-state index is 0.244. The summed E-state index contributed by atoms with van der Waals surface area (Å²) in [5.41, 5.74) is 1.20. The van der Waals surface area contributed by atoms with Crippen LogP contribution in [0.5, 0.6) is 0 Å². The third kappa shape index (κ3) is 2.36. The number of aliphatic hydroxyl groups excluding tert-OH is 1. The fourth-order valence-electron chi connectivity index (χ4n) is 1.13. The molecule has 0 bridgehead atoms. The molecule has 0 saturated carbocycles. The Bertz CT molecular complexity index is 145. The SMILES string of the molecule is OCC1=CCCC=CCC1. The van der Waals surface area contributed by atoms with Gasteiger partial charge in [0.05, 0.1) is 6.61 Å². The topological polar surface area (TPSA) is 20.2 Å². The lowest BCUT2D eigenvalue weighted by molar-refractivity contribution is 0.326. The molecule has 0 amide bonds. The van der Waals surface area contributed by atoms with E-state index in [1.165, 1.54) is 5.57 Å². The van der Waals surface area contributed by atoms with Gasteiger partial charge < -0.3 is 5.11 Å². The van der Waals surface area contributed by atoms with Crippen molar-refractivity contribution >= 4 is 0 Å². The monoisotopic (exact) mass is 138 g/mol. The van der Waals surface area contributed by atoms with Crippen LogP contribution in [0.15, 0.2) is 23.8 Å². The Kier molecular flexibility index (Phi) is 3.23. The largest absolute Gasteiger partial charge is 0.392 e. The van der Waals surface area contributed by atoms with Gasteiger partial charge in [0, 0.05) is 0 Å². The van der Waals surface area contributed by atoms with E-state index in [0.717, 1.165) is 25.7 Å². The van der Waals surface area contributed by atoms with Crippen LogP contribution in [0.1, 0.15) is 25.7 Å². The summed E-state index contributed by atoms with van der Waals surface area (Å²) in [6.45, 7) is 0.244. The summed E-state index contributed by atoms with van der Waals surface area (Å²) in [5.74, 6) is 0. The average molecular weight is 138 g/mol. The van der Waals surface area contributed by atoms with Crippen molar-refractivity contribution in [3.05, 3.63) is 23.8 Å². The van der Waals surface area contributed by atoms with Crippen molar-refractivity contribution in [1.29, 1.82) is 0 Å². The number of rotatable bonds is 1. The first-order chi connectivity index (χ1) is 4.93. The first kappa shape index (κ1) is 7.55. The maximum absolute atomic E-state index is 8.82. The van der Waals surface area contributed by atoms with Gasteiger partial charge in [-0.05, 0) is 31.3 Å². The summed E-state index contributed by atoms with van der Waals surface area (Å²) in [4.78, 5) is 0. The fourth-order valence-corrected chi connectivity index (χ4v) is 1.13.